The average Bonchev–Trinajstić information content (AvgIpc) is 2.98. The van der Waals surface area contributed by atoms with Gasteiger partial charge in [-0.1, -0.05) is 12.1 Å². The van der Waals surface area contributed by atoms with Crippen molar-refractivity contribution in [2.75, 3.05) is 7.05 Å². The molecule has 0 bridgehead atoms. The largest absolute Gasteiger partial charge is 0.392 e. The summed E-state index contributed by atoms with van der Waals surface area (Å²) in [7, 11) is 1.64. The summed E-state index contributed by atoms with van der Waals surface area (Å²) in [6, 6.07) is 4.76. The molecule has 5 N–H and O–H groups in total. The first-order chi connectivity index (χ1) is 12.0. The van der Waals surface area contributed by atoms with Gasteiger partial charge in [0.1, 0.15) is 11.8 Å². The lowest BCUT2D eigenvalue weighted by atomic mass is 9.90. The van der Waals surface area contributed by atoms with Gasteiger partial charge in [-0.3, -0.25) is 0 Å². The second-order valence-corrected chi connectivity index (χ2v) is 5.41. The van der Waals surface area contributed by atoms with Gasteiger partial charge >= 0.3 is 0 Å². The number of H-pyrrole nitrogens is 1. The molecular weight excluding hydrogens is 332 g/mol. The monoisotopic (exact) mass is 351 g/mol. The second-order valence-electron chi connectivity index (χ2n) is 5.41. The van der Waals surface area contributed by atoms with E-state index in [-0.39, 0.29) is 35.5 Å². The highest BCUT2D eigenvalue weighted by Crippen LogP contribution is 2.40. The molecule has 0 fully saturated rings. The Hall–Kier alpha value is -2.31. The molecule has 1 aromatic heterocycles. The van der Waals surface area contributed by atoms with Crippen LogP contribution >= 0.6 is 0 Å². The summed E-state index contributed by atoms with van der Waals surface area (Å²) in [4.78, 5) is 2.70. The van der Waals surface area contributed by atoms with Crippen molar-refractivity contribution < 1.29 is 24.1 Å². The third-order valence-corrected chi connectivity index (χ3v) is 4.08. The maximum absolute atomic E-state index is 13.6. The summed E-state index contributed by atoms with van der Waals surface area (Å²) >= 11 is 0. The molecule has 0 aliphatic rings. The number of aromatic amines is 1. The van der Waals surface area contributed by atoms with Crippen LogP contribution in [0.4, 0.5) is 8.78 Å². The lowest BCUT2D eigenvalue weighted by molar-refractivity contribution is 0.152. The molecule has 25 heavy (non-hydrogen) atoms. The lowest BCUT2D eigenvalue weighted by Crippen LogP contribution is -2.08. The van der Waals surface area contributed by atoms with E-state index in [0.717, 1.165) is 0 Å². The van der Waals surface area contributed by atoms with Crippen LogP contribution in [0.5, 0.6) is 0 Å². The molecule has 0 saturated carbocycles. The Kier molecular flexibility index (Phi) is 6.22. The van der Waals surface area contributed by atoms with Gasteiger partial charge in [0.2, 0.25) is 0 Å². The number of nitriles is 1. The molecule has 0 saturated heterocycles. The van der Waals surface area contributed by atoms with Crippen molar-refractivity contribution in [1.82, 2.24) is 10.3 Å². The van der Waals surface area contributed by atoms with Crippen LogP contribution in [0.1, 0.15) is 40.1 Å². The van der Waals surface area contributed by atoms with Gasteiger partial charge in [0, 0.05) is 17.8 Å². The van der Waals surface area contributed by atoms with Gasteiger partial charge in [0.25, 0.3) is 6.43 Å². The van der Waals surface area contributed by atoms with E-state index in [1.807, 2.05) is 0 Å². The van der Waals surface area contributed by atoms with Crippen molar-refractivity contribution in [2.45, 2.75) is 32.8 Å². The fourth-order valence-corrected chi connectivity index (χ4v) is 2.99. The zero-order valence-electron chi connectivity index (χ0n) is 13.6. The Bertz CT molecular complexity index is 797. The van der Waals surface area contributed by atoms with E-state index in [2.05, 4.69) is 10.3 Å². The van der Waals surface area contributed by atoms with Crippen molar-refractivity contribution in [1.29, 1.82) is 5.26 Å². The van der Waals surface area contributed by atoms with Crippen LogP contribution in [-0.2, 0) is 26.4 Å². The number of aliphatic hydroxyl groups excluding tert-OH is 3. The predicted molar refractivity (Wildman–Crippen MR) is 86.4 cm³/mol. The van der Waals surface area contributed by atoms with Crippen LogP contribution in [0.2, 0.25) is 0 Å². The molecule has 0 amide bonds. The molecule has 0 aliphatic carbocycles. The average molecular weight is 351 g/mol. The highest BCUT2D eigenvalue weighted by Gasteiger charge is 2.27. The number of alkyl halides is 2. The van der Waals surface area contributed by atoms with E-state index in [4.69, 9.17) is 0 Å². The normalized spacial score (nSPS) is 11.1. The lowest BCUT2D eigenvalue weighted by Gasteiger charge is -2.17. The molecule has 2 aromatic rings. The second kappa shape index (κ2) is 8.18. The third kappa shape index (κ3) is 3.41. The number of nitrogens with zero attached hydrogens (tertiary/aromatic N) is 1. The summed E-state index contributed by atoms with van der Waals surface area (Å²) in [5, 5.41) is 40.8. The van der Waals surface area contributed by atoms with Crippen molar-refractivity contribution in [2.24, 2.45) is 0 Å². The van der Waals surface area contributed by atoms with Crippen LogP contribution in [0.3, 0.4) is 0 Å². The first kappa shape index (κ1) is 19.0. The summed E-state index contributed by atoms with van der Waals surface area (Å²) < 4.78 is 27.3. The van der Waals surface area contributed by atoms with E-state index in [0.29, 0.717) is 16.8 Å². The van der Waals surface area contributed by atoms with Gasteiger partial charge in [0.05, 0.1) is 25.4 Å². The van der Waals surface area contributed by atoms with E-state index < -0.39 is 25.2 Å². The maximum Gasteiger partial charge on any atom is 0.267 e. The molecular formula is C17H19F2N3O3. The highest BCUT2D eigenvalue weighted by molar-refractivity contribution is 5.77. The summed E-state index contributed by atoms with van der Waals surface area (Å²) in [5.41, 5.74) is 1.06. The molecule has 1 aromatic carbocycles. The van der Waals surface area contributed by atoms with Crippen molar-refractivity contribution in [3.8, 4) is 17.2 Å². The Labute approximate surface area is 143 Å². The zero-order valence-corrected chi connectivity index (χ0v) is 13.6. The Morgan fingerprint density at radius 2 is 1.84 bits per heavy atom. The van der Waals surface area contributed by atoms with Crippen LogP contribution < -0.4 is 5.32 Å². The number of hydrogen-bond acceptors (Lipinski definition) is 5. The summed E-state index contributed by atoms with van der Waals surface area (Å²) in [6.45, 7) is -1.11. The molecule has 134 valence electrons. The smallest absolute Gasteiger partial charge is 0.267 e. The maximum atomic E-state index is 13.6. The molecule has 0 unspecified atom stereocenters. The first-order valence-corrected chi connectivity index (χ1v) is 7.58. The minimum Gasteiger partial charge on any atom is -0.392 e. The molecule has 0 aliphatic heterocycles. The van der Waals surface area contributed by atoms with Crippen LogP contribution in [-0.4, -0.2) is 27.4 Å². The van der Waals surface area contributed by atoms with Crippen LogP contribution in [0, 0.1) is 11.3 Å². The highest BCUT2D eigenvalue weighted by atomic mass is 19.3. The standard InChI is InChI=1S/C17H19F2N3O3/c1-21-5-14-15(16(17(18)19)13(4-20)22-14)10-3-2-9(6-23)11(7-24)12(10)8-25/h2-3,17,21-25H,5-8H2,1H3. The van der Waals surface area contributed by atoms with Gasteiger partial charge in [-0.05, 0) is 29.3 Å². The number of nitrogens with one attached hydrogen (secondary N) is 2. The van der Waals surface area contributed by atoms with Gasteiger partial charge in [-0.25, -0.2) is 8.78 Å². The molecule has 8 heteroatoms. The predicted octanol–water partition coefficient (Wildman–Crippen LogP) is 1.69. The Morgan fingerprint density at radius 3 is 2.32 bits per heavy atom. The Morgan fingerprint density at radius 1 is 1.16 bits per heavy atom. The van der Waals surface area contributed by atoms with Gasteiger partial charge < -0.3 is 25.6 Å². The van der Waals surface area contributed by atoms with Crippen molar-refractivity contribution in [3.63, 3.8) is 0 Å². The molecule has 0 radical (unpaired) electrons. The van der Waals surface area contributed by atoms with E-state index in [9.17, 15) is 29.4 Å². The fraction of sp³-hybridized carbons (Fsp3) is 0.353. The molecule has 2 rings (SSSR count). The van der Waals surface area contributed by atoms with Crippen molar-refractivity contribution >= 4 is 0 Å². The topological polar surface area (TPSA) is 112 Å². The molecule has 0 atom stereocenters. The Balaban J connectivity index is 2.86. The number of benzene rings is 1. The van der Waals surface area contributed by atoms with E-state index in [1.165, 1.54) is 12.1 Å². The quantitative estimate of drug-likeness (QED) is 0.521. The van der Waals surface area contributed by atoms with E-state index >= 15 is 0 Å². The summed E-state index contributed by atoms with van der Waals surface area (Å²) in [5.74, 6) is 0. The molecule has 6 nitrogen and oxygen atoms in total. The van der Waals surface area contributed by atoms with Crippen molar-refractivity contribution in [3.05, 3.63) is 45.8 Å². The molecule has 1 heterocycles. The first-order valence-electron chi connectivity index (χ1n) is 7.58. The van der Waals surface area contributed by atoms with Crippen LogP contribution in [0.15, 0.2) is 12.1 Å². The summed E-state index contributed by atoms with van der Waals surface area (Å²) in [6.07, 6.45) is -2.90. The minimum atomic E-state index is -2.90. The van der Waals surface area contributed by atoms with Gasteiger partial charge in [-0.2, -0.15) is 5.26 Å². The van der Waals surface area contributed by atoms with Crippen LogP contribution in [0.25, 0.3) is 11.1 Å². The van der Waals surface area contributed by atoms with E-state index in [1.54, 1.807) is 13.1 Å². The number of hydrogen-bond donors (Lipinski definition) is 5. The third-order valence-electron chi connectivity index (χ3n) is 4.08. The number of halogens is 2. The van der Waals surface area contributed by atoms with Gasteiger partial charge in [-0.15, -0.1) is 0 Å². The number of aromatic nitrogens is 1. The number of rotatable bonds is 7. The molecule has 0 spiro atoms. The fourth-order valence-electron chi connectivity index (χ4n) is 2.99. The minimum absolute atomic E-state index is 0.129. The zero-order chi connectivity index (χ0) is 18.6. The number of aliphatic hydroxyl groups is 3. The SMILES string of the molecule is CNCc1[nH]c(C#N)c(C(F)F)c1-c1ccc(CO)c(CO)c1CO. The van der Waals surface area contributed by atoms with Gasteiger partial charge in [0.15, 0.2) is 0 Å².